The van der Waals surface area contributed by atoms with Crippen LogP contribution < -0.4 is 5.43 Å². The van der Waals surface area contributed by atoms with E-state index < -0.39 is 0 Å². The van der Waals surface area contributed by atoms with E-state index in [1.165, 1.54) is 0 Å². The van der Waals surface area contributed by atoms with Crippen LogP contribution in [0.25, 0.3) is 0 Å². The van der Waals surface area contributed by atoms with Gasteiger partial charge in [-0.15, -0.1) is 0 Å². The van der Waals surface area contributed by atoms with Crippen LogP contribution in [0.1, 0.15) is 5.56 Å². The molecule has 0 unspecified atom stereocenters. The molecule has 1 aromatic carbocycles. The molecular formula is C13H10N2S. The van der Waals surface area contributed by atoms with Gasteiger partial charge in [-0.3, -0.25) is 5.43 Å². The lowest BCUT2D eigenvalue weighted by Crippen LogP contribution is -1.86. The number of benzene rings is 1. The van der Waals surface area contributed by atoms with E-state index in [9.17, 15) is 0 Å². The maximum absolute atomic E-state index is 4.00. The maximum atomic E-state index is 4.00. The number of hydrogen-bond acceptors (Lipinski definition) is 3. The van der Waals surface area contributed by atoms with Gasteiger partial charge in [-0.2, -0.15) is 16.4 Å². The number of hydrogen-bond donors (Lipinski definition) is 1. The topological polar surface area (TPSA) is 24.4 Å². The third kappa shape index (κ3) is 3.26. The van der Waals surface area contributed by atoms with Crippen molar-refractivity contribution in [1.82, 2.24) is 0 Å². The first-order valence-electron chi connectivity index (χ1n) is 4.81. The van der Waals surface area contributed by atoms with Crippen LogP contribution in [-0.2, 0) is 0 Å². The largest absolute Gasteiger partial charge is 0.278 e. The molecule has 2 aromatic rings. The molecule has 78 valence electrons. The lowest BCUT2D eigenvalue weighted by Gasteiger charge is -1.95. The Morgan fingerprint density at radius 2 is 2.06 bits per heavy atom. The zero-order valence-corrected chi connectivity index (χ0v) is 9.37. The molecule has 0 aliphatic carbocycles. The predicted octanol–water partition coefficient (Wildman–Crippen LogP) is 3.20. The van der Waals surface area contributed by atoms with Gasteiger partial charge in [0.05, 0.1) is 11.9 Å². The second-order valence-electron chi connectivity index (χ2n) is 3.02. The molecule has 0 fully saturated rings. The number of para-hydroxylation sites is 1. The summed E-state index contributed by atoms with van der Waals surface area (Å²) >= 11 is 1.64. The Labute approximate surface area is 98.6 Å². The van der Waals surface area contributed by atoms with Gasteiger partial charge in [0.1, 0.15) is 0 Å². The van der Waals surface area contributed by atoms with E-state index in [4.69, 9.17) is 0 Å². The molecule has 0 saturated heterocycles. The Morgan fingerprint density at radius 3 is 2.81 bits per heavy atom. The van der Waals surface area contributed by atoms with E-state index in [0.29, 0.717) is 0 Å². The molecule has 1 aromatic heterocycles. The van der Waals surface area contributed by atoms with Crippen LogP contribution in [0, 0.1) is 11.8 Å². The molecule has 0 aliphatic heterocycles. The van der Waals surface area contributed by atoms with E-state index in [1.54, 1.807) is 17.6 Å². The molecule has 1 N–H and O–H groups in total. The average Bonchev–Trinajstić information content (AvgIpc) is 2.83. The average molecular weight is 226 g/mol. The number of nitrogens with one attached hydrogen (secondary N) is 1. The summed E-state index contributed by atoms with van der Waals surface area (Å²) in [5.74, 6) is 5.84. The van der Waals surface area contributed by atoms with Gasteiger partial charge < -0.3 is 0 Å². The number of hydrazone groups is 1. The lowest BCUT2D eigenvalue weighted by atomic mass is 10.3. The van der Waals surface area contributed by atoms with Crippen molar-refractivity contribution in [3.8, 4) is 11.8 Å². The minimum atomic E-state index is 0.955. The first kappa shape index (κ1) is 10.5. The summed E-state index contributed by atoms with van der Waals surface area (Å²) in [6.07, 6.45) is 1.56. The van der Waals surface area contributed by atoms with Crippen molar-refractivity contribution in [2.45, 2.75) is 0 Å². The zero-order chi connectivity index (χ0) is 11.1. The maximum Gasteiger partial charge on any atom is 0.0974 e. The van der Waals surface area contributed by atoms with E-state index >= 15 is 0 Å². The van der Waals surface area contributed by atoms with Gasteiger partial charge in [-0.25, -0.2) is 0 Å². The fourth-order valence-electron chi connectivity index (χ4n) is 1.10. The molecule has 3 heteroatoms. The molecule has 1 heterocycles. The molecule has 2 rings (SSSR count). The summed E-state index contributed by atoms with van der Waals surface area (Å²) < 4.78 is 0. The minimum absolute atomic E-state index is 0.955. The third-order valence-electron chi connectivity index (χ3n) is 1.83. The molecule has 0 saturated carbocycles. The summed E-state index contributed by atoms with van der Waals surface area (Å²) in [5.41, 5.74) is 4.87. The van der Waals surface area contributed by atoms with Gasteiger partial charge in [0.15, 0.2) is 0 Å². The fraction of sp³-hybridized carbons (Fsp3) is 0. The summed E-state index contributed by atoms with van der Waals surface area (Å²) in [6.45, 7) is 0. The predicted molar refractivity (Wildman–Crippen MR) is 69.8 cm³/mol. The van der Waals surface area contributed by atoms with Crippen LogP contribution >= 0.6 is 11.3 Å². The first-order valence-corrected chi connectivity index (χ1v) is 5.76. The summed E-state index contributed by atoms with van der Waals surface area (Å²) in [5, 5.41) is 8.00. The van der Waals surface area contributed by atoms with Crippen LogP contribution in [-0.4, -0.2) is 6.21 Å². The smallest absolute Gasteiger partial charge is 0.0974 e. The van der Waals surface area contributed by atoms with Crippen molar-refractivity contribution in [2.75, 3.05) is 5.43 Å². The Kier molecular flexibility index (Phi) is 3.75. The number of anilines is 1. The van der Waals surface area contributed by atoms with E-state index in [1.807, 2.05) is 47.2 Å². The van der Waals surface area contributed by atoms with Gasteiger partial charge in [0, 0.05) is 10.9 Å². The SMILES string of the molecule is C(#Cc1ccsc1)/C=N\Nc1ccccc1. The number of rotatable bonds is 2. The Hall–Kier alpha value is -2.05. The third-order valence-corrected chi connectivity index (χ3v) is 2.52. The molecule has 0 bridgehead atoms. The number of nitrogens with zero attached hydrogens (tertiary/aromatic N) is 1. The standard InChI is InChI=1S/C13H10N2S/c1-2-6-13(7-3-1)15-14-9-4-5-12-8-10-16-11-12/h1-3,6-11,15H/b14-9-. The highest BCUT2D eigenvalue weighted by molar-refractivity contribution is 7.08. The molecule has 0 atom stereocenters. The van der Waals surface area contributed by atoms with Crippen molar-refractivity contribution in [3.05, 3.63) is 52.7 Å². The van der Waals surface area contributed by atoms with Gasteiger partial charge in [-0.1, -0.05) is 24.1 Å². The zero-order valence-electron chi connectivity index (χ0n) is 8.55. The molecule has 2 nitrogen and oxygen atoms in total. The Balaban J connectivity index is 1.87. The van der Waals surface area contributed by atoms with Gasteiger partial charge in [0.25, 0.3) is 0 Å². The first-order chi connectivity index (χ1) is 7.95. The highest BCUT2D eigenvalue weighted by Crippen LogP contribution is 2.04. The van der Waals surface area contributed by atoms with Crippen molar-refractivity contribution >= 4 is 23.2 Å². The second kappa shape index (κ2) is 5.74. The molecule has 0 radical (unpaired) electrons. The molecule has 16 heavy (non-hydrogen) atoms. The van der Waals surface area contributed by atoms with Crippen LogP contribution in [0.3, 0.4) is 0 Å². The summed E-state index contributed by atoms with van der Waals surface area (Å²) in [7, 11) is 0. The van der Waals surface area contributed by atoms with Crippen molar-refractivity contribution in [3.63, 3.8) is 0 Å². The Morgan fingerprint density at radius 1 is 1.19 bits per heavy atom. The molecule has 0 spiro atoms. The van der Waals surface area contributed by atoms with Gasteiger partial charge in [-0.05, 0) is 29.5 Å². The minimum Gasteiger partial charge on any atom is -0.278 e. The summed E-state index contributed by atoms with van der Waals surface area (Å²) in [4.78, 5) is 0. The van der Waals surface area contributed by atoms with E-state index in [2.05, 4.69) is 22.4 Å². The van der Waals surface area contributed by atoms with Gasteiger partial charge in [0.2, 0.25) is 0 Å². The number of thiophene rings is 1. The highest BCUT2D eigenvalue weighted by Gasteiger charge is 1.83. The van der Waals surface area contributed by atoms with Crippen molar-refractivity contribution in [2.24, 2.45) is 5.10 Å². The van der Waals surface area contributed by atoms with Crippen molar-refractivity contribution < 1.29 is 0 Å². The quantitative estimate of drug-likeness (QED) is 0.474. The van der Waals surface area contributed by atoms with Crippen molar-refractivity contribution in [1.29, 1.82) is 0 Å². The lowest BCUT2D eigenvalue weighted by molar-refractivity contribution is 1.36. The molecular weight excluding hydrogens is 216 g/mol. The van der Waals surface area contributed by atoms with E-state index in [-0.39, 0.29) is 0 Å². The molecule has 0 amide bonds. The highest BCUT2D eigenvalue weighted by atomic mass is 32.1. The fourth-order valence-corrected chi connectivity index (χ4v) is 1.69. The monoisotopic (exact) mass is 226 g/mol. The molecule has 0 aliphatic rings. The Bertz CT molecular complexity index is 504. The van der Waals surface area contributed by atoms with Crippen LogP contribution in [0.15, 0.2) is 52.3 Å². The summed E-state index contributed by atoms with van der Waals surface area (Å²) in [6, 6.07) is 11.7. The van der Waals surface area contributed by atoms with E-state index in [0.717, 1.165) is 11.3 Å². The normalized spacial score (nSPS) is 9.75. The van der Waals surface area contributed by atoms with Crippen LogP contribution in [0.5, 0.6) is 0 Å². The van der Waals surface area contributed by atoms with Gasteiger partial charge >= 0.3 is 0 Å². The second-order valence-corrected chi connectivity index (χ2v) is 3.80. The van der Waals surface area contributed by atoms with Crippen LogP contribution in [0.4, 0.5) is 5.69 Å². The van der Waals surface area contributed by atoms with Crippen LogP contribution in [0.2, 0.25) is 0 Å².